The predicted molar refractivity (Wildman–Crippen MR) is 107 cm³/mol. The minimum Gasteiger partial charge on any atom is -0.504 e. The molecule has 0 aliphatic rings. The monoisotopic (exact) mass is 406 g/mol. The number of hydrogen-bond acceptors (Lipinski definition) is 8. The molecule has 0 bridgehead atoms. The van der Waals surface area contributed by atoms with Gasteiger partial charge in [0.1, 0.15) is 6.10 Å². The van der Waals surface area contributed by atoms with E-state index in [1.54, 1.807) is 24.3 Å². The summed E-state index contributed by atoms with van der Waals surface area (Å²) >= 11 is 0. The van der Waals surface area contributed by atoms with Crippen molar-refractivity contribution in [2.75, 3.05) is 34.5 Å². The number of benzene rings is 2. The van der Waals surface area contributed by atoms with Gasteiger partial charge in [0, 0.05) is 0 Å². The van der Waals surface area contributed by atoms with Gasteiger partial charge in [-0.25, -0.2) is 0 Å². The third kappa shape index (κ3) is 5.32. The summed E-state index contributed by atoms with van der Waals surface area (Å²) in [6.07, 6.45) is 0.979. The highest BCUT2D eigenvalue weighted by Gasteiger charge is 2.26. The average Bonchev–Trinajstić information content (AvgIpc) is 2.75. The number of hydrogen-bond donors (Lipinski definition) is 4. The van der Waals surface area contributed by atoms with Gasteiger partial charge in [0.05, 0.1) is 34.5 Å². The van der Waals surface area contributed by atoms with Crippen LogP contribution in [0.3, 0.4) is 0 Å². The van der Waals surface area contributed by atoms with Crippen LogP contribution in [0.4, 0.5) is 0 Å². The molecular formula is C21H26O8. The Morgan fingerprint density at radius 1 is 0.931 bits per heavy atom. The quantitative estimate of drug-likeness (QED) is 0.473. The minimum absolute atomic E-state index is 0.0696. The fourth-order valence-electron chi connectivity index (χ4n) is 2.75. The van der Waals surface area contributed by atoms with Gasteiger partial charge in [0.2, 0.25) is 5.75 Å². The first kappa shape index (κ1) is 22.4. The van der Waals surface area contributed by atoms with Gasteiger partial charge in [0.25, 0.3) is 0 Å². The second-order valence-corrected chi connectivity index (χ2v) is 6.05. The van der Waals surface area contributed by atoms with Crippen LogP contribution < -0.4 is 18.9 Å². The summed E-state index contributed by atoms with van der Waals surface area (Å²) in [5, 5.41) is 39.2. The predicted octanol–water partition coefficient (Wildman–Crippen LogP) is 1.90. The number of ether oxygens (including phenoxy) is 4. The smallest absolute Gasteiger partial charge is 0.204 e. The first-order valence-corrected chi connectivity index (χ1v) is 8.84. The first-order valence-electron chi connectivity index (χ1n) is 8.84. The molecule has 0 aromatic heterocycles. The van der Waals surface area contributed by atoms with Crippen LogP contribution in [0.5, 0.6) is 28.7 Å². The molecule has 0 unspecified atom stereocenters. The average molecular weight is 406 g/mol. The summed E-state index contributed by atoms with van der Waals surface area (Å²) < 4.78 is 21.7. The maximum Gasteiger partial charge on any atom is 0.204 e. The zero-order valence-electron chi connectivity index (χ0n) is 16.5. The number of aromatic hydroxyl groups is 1. The number of aliphatic hydroxyl groups excluding tert-OH is 3. The van der Waals surface area contributed by atoms with E-state index in [0.717, 1.165) is 0 Å². The lowest BCUT2D eigenvalue weighted by Gasteiger charge is -2.25. The van der Waals surface area contributed by atoms with Crippen molar-refractivity contribution in [2.24, 2.45) is 0 Å². The Morgan fingerprint density at radius 3 is 2.07 bits per heavy atom. The third-order valence-corrected chi connectivity index (χ3v) is 4.25. The van der Waals surface area contributed by atoms with Crippen LogP contribution in [0.15, 0.2) is 36.4 Å². The number of phenolic OH excluding ortho intramolecular Hbond substituents is 1. The fraction of sp³-hybridized carbons (Fsp3) is 0.333. The van der Waals surface area contributed by atoms with E-state index in [-0.39, 0.29) is 23.9 Å². The third-order valence-electron chi connectivity index (χ3n) is 4.25. The molecule has 29 heavy (non-hydrogen) atoms. The van der Waals surface area contributed by atoms with Crippen LogP contribution in [0.25, 0.3) is 6.08 Å². The lowest BCUT2D eigenvalue weighted by atomic mass is 10.0. The van der Waals surface area contributed by atoms with Crippen molar-refractivity contribution in [2.45, 2.75) is 12.2 Å². The van der Waals surface area contributed by atoms with Crippen LogP contribution >= 0.6 is 0 Å². The normalized spacial score (nSPS) is 13.2. The van der Waals surface area contributed by atoms with Gasteiger partial charge in [-0.2, -0.15) is 0 Å². The molecule has 4 N–H and O–H groups in total. The van der Waals surface area contributed by atoms with Crippen molar-refractivity contribution >= 4 is 6.08 Å². The van der Waals surface area contributed by atoms with E-state index in [1.165, 1.54) is 39.5 Å². The Kier molecular flexibility index (Phi) is 8.14. The van der Waals surface area contributed by atoms with Gasteiger partial charge in [0.15, 0.2) is 29.1 Å². The Labute approximate surface area is 169 Å². The van der Waals surface area contributed by atoms with Crippen LogP contribution in [0, 0.1) is 0 Å². The topological polar surface area (TPSA) is 118 Å². The molecular weight excluding hydrogens is 380 g/mol. The van der Waals surface area contributed by atoms with Gasteiger partial charge >= 0.3 is 0 Å². The molecule has 0 spiro atoms. The van der Waals surface area contributed by atoms with Crippen LogP contribution in [-0.4, -0.2) is 61.1 Å². The van der Waals surface area contributed by atoms with Crippen molar-refractivity contribution < 1.29 is 39.4 Å². The largest absolute Gasteiger partial charge is 0.504 e. The van der Waals surface area contributed by atoms with Gasteiger partial charge in [-0.05, 0) is 35.4 Å². The zero-order chi connectivity index (χ0) is 21.4. The molecule has 2 rings (SSSR count). The molecule has 2 aromatic carbocycles. The van der Waals surface area contributed by atoms with Gasteiger partial charge in [-0.3, -0.25) is 0 Å². The van der Waals surface area contributed by atoms with E-state index < -0.39 is 18.8 Å². The standard InChI is InChI=1S/C21H26O8/c1-26-16-11-14(6-7-15(16)24)20(25)19(12-23)29-21-17(27-2)9-13(5-4-8-22)10-18(21)28-3/h4-7,9-11,19-20,22-25H,8,12H2,1-3H3/b5-4+/t19-,20+/m1/s1. The van der Waals surface area contributed by atoms with E-state index in [1.807, 2.05) is 0 Å². The zero-order valence-corrected chi connectivity index (χ0v) is 16.5. The summed E-state index contributed by atoms with van der Waals surface area (Å²) in [7, 11) is 4.31. The molecule has 0 aliphatic carbocycles. The van der Waals surface area contributed by atoms with Gasteiger partial charge in [-0.15, -0.1) is 0 Å². The molecule has 8 nitrogen and oxygen atoms in total. The second kappa shape index (κ2) is 10.6. The molecule has 0 radical (unpaired) electrons. The Morgan fingerprint density at radius 2 is 1.55 bits per heavy atom. The second-order valence-electron chi connectivity index (χ2n) is 6.05. The molecule has 0 amide bonds. The van der Waals surface area contributed by atoms with Gasteiger partial charge < -0.3 is 39.4 Å². The van der Waals surface area contributed by atoms with E-state index in [2.05, 4.69) is 0 Å². The molecule has 0 saturated carbocycles. The first-order chi connectivity index (χ1) is 14.0. The molecule has 0 fully saturated rings. The molecule has 0 aliphatic heterocycles. The number of methoxy groups -OCH3 is 3. The van der Waals surface area contributed by atoms with Crippen molar-refractivity contribution in [3.8, 4) is 28.7 Å². The summed E-state index contributed by atoms with van der Waals surface area (Å²) in [4.78, 5) is 0. The lowest BCUT2D eigenvalue weighted by Crippen LogP contribution is -2.29. The summed E-state index contributed by atoms with van der Waals surface area (Å²) in [5.74, 6) is 0.986. The number of phenols is 1. The Hall–Kier alpha value is -2.94. The SMILES string of the molecule is COc1cc([C@H](O)[C@@H](CO)Oc2c(OC)cc(/C=C/CO)cc2OC)ccc1O. The van der Waals surface area contributed by atoms with E-state index in [0.29, 0.717) is 22.6 Å². The maximum atomic E-state index is 10.7. The van der Waals surface area contributed by atoms with E-state index in [4.69, 9.17) is 24.1 Å². The number of rotatable bonds is 10. The fourth-order valence-corrected chi connectivity index (χ4v) is 2.75. The van der Waals surface area contributed by atoms with Crippen molar-refractivity contribution in [3.05, 3.63) is 47.5 Å². The maximum absolute atomic E-state index is 10.7. The van der Waals surface area contributed by atoms with Crippen molar-refractivity contribution in [3.63, 3.8) is 0 Å². The molecule has 158 valence electrons. The minimum atomic E-state index is -1.22. The lowest BCUT2D eigenvalue weighted by molar-refractivity contribution is -0.00174. The van der Waals surface area contributed by atoms with E-state index in [9.17, 15) is 15.3 Å². The van der Waals surface area contributed by atoms with Crippen LogP contribution in [0.1, 0.15) is 17.2 Å². The molecule has 2 aromatic rings. The Bertz CT molecular complexity index is 808. The summed E-state index contributed by atoms with van der Waals surface area (Å²) in [6, 6.07) is 7.70. The molecule has 0 heterocycles. The highest BCUT2D eigenvalue weighted by Crippen LogP contribution is 2.41. The van der Waals surface area contributed by atoms with Crippen LogP contribution in [-0.2, 0) is 0 Å². The van der Waals surface area contributed by atoms with Gasteiger partial charge in [-0.1, -0.05) is 18.2 Å². The summed E-state index contributed by atoms with van der Waals surface area (Å²) in [6.45, 7) is -0.611. The Balaban J connectivity index is 2.37. The van der Waals surface area contributed by atoms with Crippen LogP contribution in [0.2, 0.25) is 0 Å². The molecule has 0 saturated heterocycles. The molecule has 8 heteroatoms. The highest BCUT2D eigenvalue weighted by atomic mass is 16.6. The molecule has 2 atom stereocenters. The van der Waals surface area contributed by atoms with Crippen molar-refractivity contribution in [1.82, 2.24) is 0 Å². The van der Waals surface area contributed by atoms with Crippen molar-refractivity contribution in [1.29, 1.82) is 0 Å². The highest BCUT2D eigenvalue weighted by molar-refractivity contribution is 5.62. The number of aliphatic hydroxyl groups is 3. The summed E-state index contributed by atoms with van der Waals surface area (Å²) in [5.41, 5.74) is 1.10. The van der Waals surface area contributed by atoms with E-state index >= 15 is 0 Å².